The topological polar surface area (TPSA) is 78.9 Å². The van der Waals surface area contributed by atoms with Gasteiger partial charge in [0.05, 0.1) is 0 Å². The Morgan fingerprint density at radius 2 is 0.714 bits per heavy atom. The lowest BCUT2D eigenvalue weighted by molar-refractivity contribution is -0.167. The number of carbonyl (C=O) groups is 3. The first-order valence-corrected chi connectivity index (χ1v) is 24.0. The van der Waals surface area contributed by atoms with E-state index in [-0.39, 0.29) is 31.1 Å². The third kappa shape index (κ3) is 42.8. The van der Waals surface area contributed by atoms with Gasteiger partial charge in [-0.25, -0.2) is 0 Å². The van der Waals surface area contributed by atoms with Crippen molar-refractivity contribution in [1.82, 2.24) is 0 Å². The van der Waals surface area contributed by atoms with Gasteiger partial charge in [-0.1, -0.05) is 198 Å². The Balaban J connectivity index is 4.24. The molecule has 0 bridgehead atoms. The molecule has 0 aromatic heterocycles. The molecule has 0 aromatic rings. The molecule has 56 heavy (non-hydrogen) atoms. The Morgan fingerprint density at radius 1 is 0.375 bits per heavy atom. The highest BCUT2D eigenvalue weighted by atomic mass is 16.6. The van der Waals surface area contributed by atoms with Crippen LogP contribution < -0.4 is 0 Å². The van der Waals surface area contributed by atoms with Crippen LogP contribution in [-0.4, -0.2) is 37.2 Å². The highest BCUT2D eigenvalue weighted by Crippen LogP contribution is 2.16. The van der Waals surface area contributed by atoms with Gasteiger partial charge in [0.25, 0.3) is 0 Å². The van der Waals surface area contributed by atoms with Crippen LogP contribution in [0.5, 0.6) is 0 Å². The van der Waals surface area contributed by atoms with Crippen molar-refractivity contribution in [3.8, 4) is 0 Å². The molecule has 0 radical (unpaired) electrons. The summed E-state index contributed by atoms with van der Waals surface area (Å²) in [5.41, 5.74) is 0. The molecule has 0 fully saturated rings. The summed E-state index contributed by atoms with van der Waals surface area (Å²) in [6, 6.07) is 0. The molecule has 0 heterocycles. The molecule has 0 amide bonds. The fourth-order valence-corrected chi connectivity index (χ4v) is 6.75. The van der Waals surface area contributed by atoms with Crippen LogP contribution in [0.25, 0.3) is 0 Å². The van der Waals surface area contributed by atoms with E-state index < -0.39 is 6.10 Å². The third-order valence-electron chi connectivity index (χ3n) is 10.4. The summed E-state index contributed by atoms with van der Waals surface area (Å²) in [5.74, 6) is -0.933. The maximum Gasteiger partial charge on any atom is 0.306 e. The van der Waals surface area contributed by atoms with E-state index in [1.54, 1.807) is 0 Å². The van der Waals surface area contributed by atoms with Crippen molar-refractivity contribution in [1.29, 1.82) is 0 Å². The average Bonchev–Trinajstić information content (AvgIpc) is 3.19. The summed E-state index contributed by atoms with van der Waals surface area (Å²) in [7, 11) is 0. The second-order valence-corrected chi connectivity index (χ2v) is 16.0. The van der Waals surface area contributed by atoms with Crippen LogP contribution in [0.1, 0.15) is 245 Å². The van der Waals surface area contributed by atoms with Gasteiger partial charge in [-0.05, 0) is 64.2 Å². The number of ether oxygens (including phenoxy) is 3. The van der Waals surface area contributed by atoms with E-state index in [2.05, 4.69) is 57.2 Å². The lowest BCUT2D eigenvalue weighted by Gasteiger charge is -2.18. The smallest absolute Gasteiger partial charge is 0.306 e. The molecular formula is C50H90O6. The van der Waals surface area contributed by atoms with Crippen molar-refractivity contribution in [2.75, 3.05) is 13.2 Å². The lowest BCUT2D eigenvalue weighted by Crippen LogP contribution is -2.30. The van der Waals surface area contributed by atoms with Crippen LogP contribution in [-0.2, 0) is 28.6 Å². The first-order chi connectivity index (χ1) is 27.5. The fourth-order valence-electron chi connectivity index (χ4n) is 6.75. The van der Waals surface area contributed by atoms with Gasteiger partial charge < -0.3 is 14.2 Å². The SMILES string of the molecule is CC/C=C\C/C=C\CCCCC(=O)OCC(COC(=O)CCCCCCCCCCCCCCCCCCCCC)OC(=O)CCCCCC/C=C\CCCC. The number of unbranched alkanes of at least 4 members (excludes halogenated alkanes) is 26. The van der Waals surface area contributed by atoms with Crippen molar-refractivity contribution in [3.05, 3.63) is 36.5 Å². The summed E-state index contributed by atoms with van der Waals surface area (Å²) in [6.07, 6.45) is 51.5. The molecule has 0 rings (SSSR count). The van der Waals surface area contributed by atoms with Crippen molar-refractivity contribution in [3.63, 3.8) is 0 Å². The minimum Gasteiger partial charge on any atom is -0.462 e. The second kappa shape index (κ2) is 45.3. The van der Waals surface area contributed by atoms with E-state index in [0.29, 0.717) is 19.3 Å². The van der Waals surface area contributed by atoms with Crippen LogP contribution in [0, 0.1) is 0 Å². The van der Waals surface area contributed by atoms with Crippen molar-refractivity contribution >= 4 is 17.9 Å². The van der Waals surface area contributed by atoms with Gasteiger partial charge >= 0.3 is 17.9 Å². The number of carbonyl (C=O) groups excluding carboxylic acids is 3. The number of esters is 3. The zero-order valence-electron chi connectivity index (χ0n) is 37.2. The Kier molecular flexibility index (Phi) is 43.4. The second-order valence-electron chi connectivity index (χ2n) is 16.0. The Labute approximate surface area is 346 Å². The molecule has 1 atom stereocenters. The van der Waals surface area contributed by atoms with Gasteiger partial charge in [0.15, 0.2) is 6.10 Å². The Morgan fingerprint density at radius 3 is 1.18 bits per heavy atom. The maximum absolute atomic E-state index is 12.7. The fraction of sp³-hybridized carbons (Fsp3) is 0.820. The molecule has 0 aliphatic carbocycles. The van der Waals surface area contributed by atoms with E-state index in [1.807, 2.05) is 0 Å². The molecule has 0 aliphatic rings. The molecule has 6 nitrogen and oxygen atoms in total. The zero-order valence-corrected chi connectivity index (χ0v) is 37.2. The zero-order chi connectivity index (χ0) is 40.8. The Hall–Kier alpha value is -2.37. The molecule has 0 aliphatic heterocycles. The highest BCUT2D eigenvalue weighted by Gasteiger charge is 2.19. The van der Waals surface area contributed by atoms with Gasteiger partial charge in [-0.3, -0.25) is 14.4 Å². The molecular weight excluding hydrogens is 697 g/mol. The molecule has 326 valence electrons. The number of rotatable bonds is 43. The summed E-state index contributed by atoms with van der Waals surface area (Å²) < 4.78 is 16.6. The Bertz CT molecular complexity index is 953. The minimum absolute atomic E-state index is 0.0847. The highest BCUT2D eigenvalue weighted by molar-refractivity contribution is 5.71. The molecule has 0 aromatic carbocycles. The number of allylic oxidation sites excluding steroid dienone is 6. The summed E-state index contributed by atoms with van der Waals surface area (Å²) in [4.78, 5) is 37.7. The maximum atomic E-state index is 12.7. The lowest BCUT2D eigenvalue weighted by atomic mass is 10.0. The van der Waals surface area contributed by atoms with E-state index in [1.165, 1.54) is 116 Å². The summed E-state index contributed by atoms with van der Waals surface area (Å²) >= 11 is 0. The largest absolute Gasteiger partial charge is 0.462 e. The monoisotopic (exact) mass is 787 g/mol. The first kappa shape index (κ1) is 53.6. The van der Waals surface area contributed by atoms with Crippen LogP contribution in [0.4, 0.5) is 0 Å². The van der Waals surface area contributed by atoms with Crippen LogP contribution in [0.2, 0.25) is 0 Å². The molecule has 6 heteroatoms. The van der Waals surface area contributed by atoms with E-state index in [9.17, 15) is 14.4 Å². The van der Waals surface area contributed by atoms with E-state index in [4.69, 9.17) is 14.2 Å². The predicted molar refractivity (Wildman–Crippen MR) is 238 cm³/mol. The van der Waals surface area contributed by atoms with Crippen molar-refractivity contribution < 1.29 is 28.6 Å². The molecule has 0 N–H and O–H groups in total. The number of hydrogen-bond acceptors (Lipinski definition) is 6. The number of hydrogen-bond donors (Lipinski definition) is 0. The quantitative estimate of drug-likeness (QED) is 0.0265. The van der Waals surface area contributed by atoms with Crippen LogP contribution >= 0.6 is 0 Å². The van der Waals surface area contributed by atoms with Gasteiger partial charge in [0, 0.05) is 19.3 Å². The first-order valence-electron chi connectivity index (χ1n) is 24.0. The molecule has 1 unspecified atom stereocenters. The summed E-state index contributed by atoms with van der Waals surface area (Å²) in [6.45, 7) is 6.44. The van der Waals surface area contributed by atoms with Gasteiger partial charge in [0.2, 0.25) is 0 Å². The third-order valence-corrected chi connectivity index (χ3v) is 10.4. The molecule has 0 saturated heterocycles. The van der Waals surface area contributed by atoms with E-state index >= 15 is 0 Å². The van der Waals surface area contributed by atoms with Crippen LogP contribution in [0.15, 0.2) is 36.5 Å². The minimum atomic E-state index is -0.784. The average molecular weight is 787 g/mol. The normalized spacial score (nSPS) is 12.3. The molecule has 0 spiro atoms. The summed E-state index contributed by atoms with van der Waals surface area (Å²) in [5, 5.41) is 0. The molecule has 0 saturated carbocycles. The predicted octanol–water partition coefficient (Wildman–Crippen LogP) is 15.4. The van der Waals surface area contributed by atoms with Crippen molar-refractivity contribution in [2.24, 2.45) is 0 Å². The van der Waals surface area contributed by atoms with Gasteiger partial charge in [-0.2, -0.15) is 0 Å². The standard InChI is InChI=1S/C50H90O6/c1-4-7-10-13-16-19-21-22-23-24-25-26-27-28-29-32-34-37-40-43-49(52)55-46-47(45-54-48(51)42-39-36-33-30-18-15-12-9-6-3)56-50(53)44-41-38-35-31-20-17-14-11-8-5-2/h9,12,14,17-18,30,47H,4-8,10-11,13,15-16,19-29,31-46H2,1-3H3/b12-9-,17-14-,30-18-. The van der Waals surface area contributed by atoms with Crippen LogP contribution in [0.3, 0.4) is 0 Å². The van der Waals surface area contributed by atoms with E-state index in [0.717, 1.165) is 89.9 Å². The van der Waals surface area contributed by atoms with Gasteiger partial charge in [0.1, 0.15) is 13.2 Å². The van der Waals surface area contributed by atoms with Crippen molar-refractivity contribution in [2.45, 2.75) is 252 Å². The van der Waals surface area contributed by atoms with Gasteiger partial charge in [-0.15, -0.1) is 0 Å².